The molecule has 1 saturated heterocycles. The topological polar surface area (TPSA) is 55.8 Å². The van der Waals surface area contributed by atoms with Crippen LogP contribution in [0.1, 0.15) is 24.3 Å². The van der Waals surface area contributed by atoms with E-state index in [2.05, 4.69) is 4.90 Å². The van der Waals surface area contributed by atoms with Gasteiger partial charge in [-0.3, -0.25) is 4.79 Å². The summed E-state index contributed by atoms with van der Waals surface area (Å²) in [4.78, 5) is 28.6. The van der Waals surface area contributed by atoms with Crippen molar-refractivity contribution in [3.63, 3.8) is 0 Å². The van der Waals surface area contributed by atoms with Gasteiger partial charge in [0.15, 0.2) is 4.75 Å². The van der Waals surface area contributed by atoms with Crippen molar-refractivity contribution >= 4 is 23.7 Å². The molecule has 4 rings (SSSR count). The molecule has 24 heavy (non-hydrogen) atoms. The zero-order valence-corrected chi connectivity index (χ0v) is 14.5. The Balaban J connectivity index is 1.92. The van der Waals surface area contributed by atoms with Crippen LogP contribution in [0.25, 0.3) is 0 Å². The highest BCUT2D eigenvalue weighted by atomic mass is 32.2. The number of hydrogen-bond donors (Lipinski definition) is 0. The number of carbonyl (C=O) groups excluding carboxylic acids is 2. The number of fused-ring (bicyclic) bond motifs is 3. The van der Waals surface area contributed by atoms with E-state index in [0.29, 0.717) is 5.57 Å². The molecule has 0 unspecified atom stereocenters. The van der Waals surface area contributed by atoms with Crippen molar-refractivity contribution < 1.29 is 19.1 Å². The molecular weight excluding hydrogens is 326 g/mol. The lowest BCUT2D eigenvalue weighted by Crippen LogP contribution is -2.56. The molecule has 2 aliphatic heterocycles. The van der Waals surface area contributed by atoms with Gasteiger partial charge in [0.2, 0.25) is 0 Å². The van der Waals surface area contributed by atoms with E-state index in [9.17, 15) is 9.59 Å². The van der Waals surface area contributed by atoms with Gasteiger partial charge in [-0.1, -0.05) is 18.2 Å². The number of thioether (sulfide) groups is 1. The molecule has 0 bridgehead atoms. The van der Waals surface area contributed by atoms with E-state index in [1.807, 2.05) is 24.3 Å². The predicted octanol–water partition coefficient (Wildman–Crippen LogP) is 2.32. The van der Waals surface area contributed by atoms with Crippen LogP contribution in [0.4, 0.5) is 0 Å². The molecule has 1 aromatic carbocycles. The van der Waals surface area contributed by atoms with Crippen LogP contribution in [-0.2, 0) is 19.1 Å². The second kappa shape index (κ2) is 5.55. The van der Waals surface area contributed by atoms with E-state index < -0.39 is 10.7 Å². The molecule has 1 aliphatic carbocycles. The second-order valence-corrected chi connectivity index (χ2v) is 7.53. The Morgan fingerprint density at radius 1 is 1.17 bits per heavy atom. The summed E-state index contributed by atoms with van der Waals surface area (Å²) >= 11 is 1.42. The van der Waals surface area contributed by atoms with Crippen LogP contribution in [-0.4, -0.2) is 48.9 Å². The molecule has 2 heterocycles. The first-order chi connectivity index (χ1) is 11.6. The van der Waals surface area contributed by atoms with Crippen LogP contribution in [0.2, 0.25) is 0 Å². The summed E-state index contributed by atoms with van der Waals surface area (Å²) in [7, 11) is 2.74. The fourth-order valence-electron chi connectivity index (χ4n) is 4.13. The van der Waals surface area contributed by atoms with Crippen molar-refractivity contribution in [3.8, 4) is 0 Å². The predicted molar refractivity (Wildman–Crippen MR) is 89.6 cm³/mol. The molecule has 3 aliphatic rings. The van der Waals surface area contributed by atoms with Crippen LogP contribution in [0.5, 0.6) is 0 Å². The summed E-state index contributed by atoms with van der Waals surface area (Å²) in [5.41, 5.74) is 2.51. The van der Waals surface area contributed by atoms with Gasteiger partial charge in [0, 0.05) is 23.7 Å². The molecule has 0 radical (unpaired) electrons. The van der Waals surface area contributed by atoms with Gasteiger partial charge in [0.1, 0.15) is 0 Å². The maximum absolute atomic E-state index is 12.8. The summed E-state index contributed by atoms with van der Waals surface area (Å²) < 4.78 is 9.12. The number of likely N-dealkylation sites (tertiary alicyclic amines) is 1. The molecule has 1 aromatic rings. The third-order valence-electron chi connectivity index (χ3n) is 5.13. The molecule has 0 amide bonds. The van der Waals surface area contributed by atoms with E-state index in [4.69, 9.17) is 9.47 Å². The van der Waals surface area contributed by atoms with Crippen LogP contribution in [0, 0.1) is 0 Å². The summed E-state index contributed by atoms with van der Waals surface area (Å²) in [6, 6.07) is 7.97. The molecular formula is C18H19NO4S. The van der Waals surface area contributed by atoms with Gasteiger partial charge >= 0.3 is 11.9 Å². The molecule has 6 heteroatoms. The van der Waals surface area contributed by atoms with E-state index in [1.54, 1.807) is 0 Å². The lowest BCUT2D eigenvalue weighted by molar-refractivity contribution is -0.147. The molecule has 0 aromatic heterocycles. The molecule has 2 atom stereocenters. The first-order valence-electron chi connectivity index (χ1n) is 8.09. The number of hydrogen-bond acceptors (Lipinski definition) is 6. The largest absolute Gasteiger partial charge is 0.468 e. The highest BCUT2D eigenvalue weighted by molar-refractivity contribution is 8.02. The minimum Gasteiger partial charge on any atom is -0.468 e. The quantitative estimate of drug-likeness (QED) is 0.784. The smallest absolute Gasteiger partial charge is 0.337 e. The van der Waals surface area contributed by atoms with E-state index in [0.717, 1.165) is 42.1 Å². The summed E-state index contributed by atoms with van der Waals surface area (Å²) in [6.45, 7) is 1.83. The Morgan fingerprint density at radius 2 is 1.88 bits per heavy atom. The zero-order valence-electron chi connectivity index (χ0n) is 13.7. The highest BCUT2D eigenvalue weighted by Crippen LogP contribution is 2.67. The van der Waals surface area contributed by atoms with E-state index >= 15 is 0 Å². The van der Waals surface area contributed by atoms with Crippen LogP contribution >= 0.6 is 11.8 Å². The maximum atomic E-state index is 12.8. The van der Waals surface area contributed by atoms with Gasteiger partial charge in [0.05, 0.1) is 25.7 Å². The molecule has 0 saturated carbocycles. The lowest BCUT2D eigenvalue weighted by Gasteiger charge is -2.47. The Hall–Kier alpha value is -1.95. The van der Waals surface area contributed by atoms with Crippen LogP contribution < -0.4 is 0 Å². The number of carbonyl (C=O) groups is 2. The summed E-state index contributed by atoms with van der Waals surface area (Å²) in [5, 5.41) is 0. The number of esters is 2. The Morgan fingerprint density at radius 3 is 2.54 bits per heavy atom. The fourth-order valence-corrected chi connectivity index (χ4v) is 5.74. The normalized spacial score (nSPS) is 27.4. The van der Waals surface area contributed by atoms with Crippen molar-refractivity contribution in [2.24, 2.45) is 0 Å². The molecule has 0 N–H and O–H groups in total. The number of nitrogens with zero attached hydrogens (tertiary/aromatic N) is 1. The summed E-state index contributed by atoms with van der Waals surface area (Å²) in [6.07, 6.45) is 2.20. The van der Waals surface area contributed by atoms with Gasteiger partial charge in [0.25, 0.3) is 0 Å². The SMILES string of the molecule is COC(=O)C1=C(N2CCCC2)[C@@H]2c3ccccc3S[C@@]12C(=O)OC. The van der Waals surface area contributed by atoms with Crippen molar-refractivity contribution in [1.82, 2.24) is 4.90 Å². The number of methoxy groups -OCH3 is 2. The lowest BCUT2D eigenvalue weighted by atomic mass is 9.66. The number of ether oxygens (including phenoxy) is 2. The minimum absolute atomic E-state index is 0.140. The fraction of sp³-hybridized carbons (Fsp3) is 0.444. The van der Waals surface area contributed by atoms with Gasteiger partial charge in [-0.15, -0.1) is 11.8 Å². The first kappa shape index (κ1) is 15.6. The monoisotopic (exact) mass is 345 g/mol. The van der Waals surface area contributed by atoms with Crippen molar-refractivity contribution in [3.05, 3.63) is 41.1 Å². The Bertz CT molecular complexity index is 753. The van der Waals surface area contributed by atoms with Gasteiger partial charge in [-0.25, -0.2) is 4.79 Å². The van der Waals surface area contributed by atoms with Crippen LogP contribution in [0.3, 0.4) is 0 Å². The Labute approximate surface area is 145 Å². The molecule has 0 spiro atoms. The van der Waals surface area contributed by atoms with Gasteiger partial charge in [-0.05, 0) is 24.5 Å². The highest BCUT2D eigenvalue weighted by Gasteiger charge is 2.68. The third kappa shape index (κ3) is 1.83. The van der Waals surface area contributed by atoms with Crippen LogP contribution in [0.15, 0.2) is 40.4 Å². The molecule has 5 nitrogen and oxygen atoms in total. The van der Waals surface area contributed by atoms with E-state index in [-0.39, 0.29) is 11.9 Å². The number of rotatable bonds is 3. The number of allylic oxidation sites excluding steroid dienone is 1. The van der Waals surface area contributed by atoms with Crippen molar-refractivity contribution in [2.45, 2.75) is 28.4 Å². The van der Waals surface area contributed by atoms with Gasteiger partial charge < -0.3 is 14.4 Å². The summed E-state index contributed by atoms with van der Waals surface area (Å²) in [5.74, 6) is -0.950. The van der Waals surface area contributed by atoms with Crippen molar-refractivity contribution in [2.75, 3.05) is 27.3 Å². The molecule has 1 fully saturated rings. The standard InChI is InChI=1S/C18H19NO4S/c1-22-16(20)14-15(19-9-5-6-10-19)13-11-7-3-4-8-12(11)24-18(13,14)17(21)23-2/h3-4,7-8,13H,5-6,9-10H2,1-2H3/t13-,18+/m0/s1. The first-order valence-corrected chi connectivity index (χ1v) is 8.91. The average molecular weight is 345 g/mol. The van der Waals surface area contributed by atoms with E-state index in [1.165, 1.54) is 26.0 Å². The Kier molecular flexibility index (Phi) is 3.60. The molecule has 126 valence electrons. The second-order valence-electron chi connectivity index (χ2n) is 6.25. The van der Waals surface area contributed by atoms with Gasteiger partial charge in [-0.2, -0.15) is 0 Å². The zero-order chi connectivity index (χ0) is 16.9. The van der Waals surface area contributed by atoms with Crippen molar-refractivity contribution in [1.29, 1.82) is 0 Å². The minimum atomic E-state index is -1.01. The maximum Gasteiger partial charge on any atom is 0.337 e. The number of benzene rings is 1. The third-order valence-corrected chi connectivity index (χ3v) is 6.65. The average Bonchev–Trinajstić information content (AvgIpc) is 3.20.